The van der Waals surface area contributed by atoms with Crippen molar-refractivity contribution in [3.8, 4) is 0 Å². The van der Waals surface area contributed by atoms with Gasteiger partial charge in [0, 0.05) is 57.4 Å². The Bertz CT molecular complexity index is 1220. The van der Waals surface area contributed by atoms with Gasteiger partial charge in [-0.05, 0) is 36.6 Å². The number of benzene rings is 1. The number of hydrogen-bond donors (Lipinski definition) is 0. The second-order valence-electron chi connectivity index (χ2n) is 7.56. The highest BCUT2D eigenvalue weighted by Gasteiger charge is 2.21. The maximum Gasteiger partial charge on any atom is 0.260 e. The van der Waals surface area contributed by atoms with Crippen LogP contribution in [0.15, 0.2) is 58.1 Å². The van der Waals surface area contributed by atoms with Crippen LogP contribution in [0.1, 0.15) is 5.69 Å². The first-order valence-corrected chi connectivity index (χ1v) is 9.96. The third-order valence-corrected chi connectivity index (χ3v) is 5.69. The van der Waals surface area contributed by atoms with Gasteiger partial charge in [0.25, 0.3) is 5.56 Å². The fourth-order valence-electron chi connectivity index (χ4n) is 4.00. The van der Waals surface area contributed by atoms with E-state index in [4.69, 9.17) is 4.52 Å². The van der Waals surface area contributed by atoms with Crippen molar-refractivity contribution in [3.63, 3.8) is 0 Å². The second-order valence-corrected chi connectivity index (χ2v) is 7.56. The van der Waals surface area contributed by atoms with Crippen LogP contribution in [-0.2, 0) is 6.54 Å². The first-order chi connectivity index (χ1) is 14.2. The molecule has 0 N–H and O–H groups in total. The Morgan fingerprint density at radius 1 is 1.03 bits per heavy atom. The number of para-hydroxylation sites is 1. The van der Waals surface area contributed by atoms with Crippen molar-refractivity contribution in [2.75, 3.05) is 37.6 Å². The lowest BCUT2D eigenvalue weighted by Crippen LogP contribution is -2.47. The number of rotatable bonds is 4. The fraction of sp³-hybridized carbons (Fsp3) is 0.318. The van der Waals surface area contributed by atoms with E-state index in [0.717, 1.165) is 60.6 Å². The minimum absolute atomic E-state index is 0.0303. The lowest BCUT2D eigenvalue weighted by molar-refractivity contribution is 0.246. The van der Waals surface area contributed by atoms with Crippen LogP contribution < -0.4 is 10.5 Å². The zero-order valence-electron chi connectivity index (χ0n) is 16.4. The molecule has 0 saturated carbocycles. The average molecular weight is 389 g/mol. The summed E-state index contributed by atoms with van der Waals surface area (Å²) in [6.45, 7) is 7.12. The van der Waals surface area contributed by atoms with Crippen LogP contribution in [0.3, 0.4) is 0 Å². The number of piperazine rings is 1. The number of fused-ring (bicyclic) bond motifs is 2. The molecule has 0 unspecified atom stereocenters. The van der Waals surface area contributed by atoms with Gasteiger partial charge in [0.05, 0.1) is 10.8 Å². The Labute approximate surface area is 168 Å². The summed E-state index contributed by atoms with van der Waals surface area (Å²) in [7, 11) is 0. The van der Waals surface area contributed by atoms with Crippen LogP contribution in [0.5, 0.6) is 0 Å². The first kappa shape index (κ1) is 17.9. The minimum Gasteiger partial charge on any atom is -0.354 e. The summed E-state index contributed by atoms with van der Waals surface area (Å²) in [4.78, 5) is 21.7. The summed E-state index contributed by atoms with van der Waals surface area (Å²) in [6, 6.07) is 11.9. The maximum absolute atomic E-state index is 12.7. The molecule has 0 aliphatic carbocycles. The molecule has 1 fully saturated rings. The Hall–Kier alpha value is -3.19. The quantitative estimate of drug-likeness (QED) is 0.535. The van der Waals surface area contributed by atoms with Crippen LogP contribution >= 0.6 is 0 Å². The van der Waals surface area contributed by atoms with Gasteiger partial charge in [-0.3, -0.25) is 14.7 Å². The van der Waals surface area contributed by atoms with Gasteiger partial charge in [-0.1, -0.05) is 17.3 Å². The summed E-state index contributed by atoms with van der Waals surface area (Å²) in [5, 5.41) is 6.96. The van der Waals surface area contributed by atoms with Crippen molar-refractivity contribution < 1.29 is 4.52 Å². The first-order valence-electron chi connectivity index (χ1n) is 9.96. The lowest BCUT2D eigenvalue weighted by Gasteiger charge is -2.34. The molecule has 1 saturated heterocycles. The van der Waals surface area contributed by atoms with E-state index < -0.39 is 0 Å². The molecule has 0 bridgehead atoms. The molecule has 0 amide bonds. The molecule has 3 aromatic heterocycles. The molecule has 148 valence electrons. The monoisotopic (exact) mass is 389 g/mol. The van der Waals surface area contributed by atoms with Gasteiger partial charge in [0.2, 0.25) is 0 Å². The number of anilines is 1. The van der Waals surface area contributed by atoms with E-state index in [1.807, 2.05) is 43.5 Å². The topological polar surface area (TPSA) is 67.4 Å². The van der Waals surface area contributed by atoms with Crippen LogP contribution in [0, 0.1) is 6.92 Å². The van der Waals surface area contributed by atoms with Gasteiger partial charge in [0.15, 0.2) is 11.4 Å². The number of hydrogen-bond acceptors (Lipinski definition) is 6. The van der Waals surface area contributed by atoms with Gasteiger partial charge >= 0.3 is 0 Å². The van der Waals surface area contributed by atoms with Gasteiger partial charge in [-0.15, -0.1) is 0 Å². The maximum atomic E-state index is 12.7. The Morgan fingerprint density at radius 3 is 2.72 bits per heavy atom. The summed E-state index contributed by atoms with van der Waals surface area (Å²) < 4.78 is 7.23. The van der Waals surface area contributed by atoms with E-state index in [-0.39, 0.29) is 5.56 Å². The lowest BCUT2D eigenvalue weighted by atomic mass is 10.2. The second kappa shape index (κ2) is 7.33. The van der Waals surface area contributed by atoms with Gasteiger partial charge in [-0.25, -0.2) is 0 Å². The highest BCUT2D eigenvalue weighted by Crippen LogP contribution is 2.26. The number of pyridine rings is 2. The van der Waals surface area contributed by atoms with E-state index in [1.165, 1.54) is 0 Å². The van der Waals surface area contributed by atoms with Crippen molar-refractivity contribution in [1.29, 1.82) is 0 Å². The molecular formula is C22H23N5O2. The Kier molecular flexibility index (Phi) is 4.52. The summed E-state index contributed by atoms with van der Waals surface area (Å²) in [6.07, 6.45) is 3.58. The third kappa shape index (κ3) is 3.38. The summed E-state index contributed by atoms with van der Waals surface area (Å²) >= 11 is 0. The average Bonchev–Trinajstić information content (AvgIpc) is 3.18. The predicted molar refractivity (Wildman–Crippen MR) is 113 cm³/mol. The van der Waals surface area contributed by atoms with E-state index in [9.17, 15) is 4.79 Å². The van der Waals surface area contributed by atoms with Crippen LogP contribution in [0.25, 0.3) is 21.7 Å². The van der Waals surface area contributed by atoms with Crippen LogP contribution in [0.2, 0.25) is 0 Å². The summed E-state index contributed by atoms with van der Waals surface area (Å²) in [5.74, 6) is 0.925. The molecule has 7 heteroatoms. The molecule has 0 atom stereocenters. The van der Waals surface area contributed by atoms with E-state index >= 15 is 0 Å². The normalized spacial score (nSPS) is 15.4. The zero-order chi connectivity index (χ0) is 19.8. The standard InChI is InChI=1S/C22H23N5O2/c1-16-14-17-6-7-27(22(28)19(17)15-23-16)13-10-25-8-11-26(12-9-25)21-18-4-2-3-5-20(18)29-24-21/h2-7,14-15H,8-13H2,1H3. The van der Waals surface area contributed by atoms with Crippen molar-refractivity contribution in [2.24, 2.45) is 0 Å². The Morgan fingerprint density at radius 2 is 1.86 bits per heavy atom. The molecule has 1 aromatic carbocycles. The molecule has 29 heavy (non-hydrogen) atoms. The number of aromatic nitrogens is 3. The summed E-state index contributed by atoms with van der Waals surface area (Å²) in [5.41, 5.74) is 1.78. The Balaban J connectivity index is 1.23. The van der Waals surface area contributed by atoms with Crippen LogP contribution in [0.4, 0.5) is 5.82 Å². The fourth-order valence-corrected chi connectivity index (χ4v) is 4.00. The van der Waals surface area contributed by atoms with Crippen LogP contribution in [-0.4, -0.2) is 52.3 Å². The van der Waals surface area contributed by atoms with Crippen molar-refractivity contribution in [2.45, 2.75) is 13.5 Å². The van der Waals surface area contributed by atoms with E-state index in [0.29, 0.717) is 11.9 Å². The molecule has 5 rings (SSSR count). The van der Waals surface area contributed by atoms with E-state index in [2.05, 4.69) is 26.0 Å². The largest absolute Gasteiger partial charge is 0.354 e. The number of aryl methyl sites for hydroxylation is 1. The highest BCUT2D eigenvalue weighted by atomic mass is 16.5. The van der Waals surface area contributed by atoms with E-state index in [1.54, 1.807) is 10.8 Å². The van der Waals surface area contributed by atoms with Gasteiger partial charge in [0.1, 0.15) is 0 Å². The van der Waals surface area contributed by atoms with Crippen molar-refractivity contribution >= 4 is 27.6 Å². The van der Waals surface area contributed by atoms with Gasteiger partial charge in [-0.2, -0.15) is 0 Å². The molecule has 4 aromatic rings. The molecule has 0 spiro atoms. The molecular weight excluding hydrogens is 366 g/mol. The van der Waals surface area contributed by atoms with Gasteiger partial charge < -0.3 is 14.0 Å². The van der Waals surface area contributed by atoms with Crippen molar-refractivity contribution in [3.05, 3.63) is 64.8 Å². The van der Waals surface area contributed by atoms with Crippen molar-refractivity contribution in [1.82, 2.24) is 19.6 Å². The molecule has 1 aliphatic heterocycles. The smallest absolute Gasteiger partial charge is 0.260 e. The number of nitrogens with zero attached hydrogens (tertiary/aromatic N) is 5. The highest BCUT2D eigenvalue weighted by molar-refractivity contribution is 5.88. The molecule has 0 radical (unpaired) electrons. The predicted octanol–water partition coefficient (Wildman–Crippen LogP) is 2.67. The molecule has 1 aliphatic rings. The molecule has 7 nitrogen and oxygen atoms in total. The SMILES string of the molecule is Cc1cc2ccn(CCN3CCN(c4noc5ccccc45)CC3)c(=O)c2cn1. The zero-order valence-corrected chi connectivity index (χ0v) is 16.4. The molecule has 4 heterocycles. The minimum atomic E-state index is 0.0303. The third-order valence-electron chi connectivity index (χ3n) is 5.69.